The van der Waals surface area contributed by atoms with Gasteiger partial charge < -0.3 is 10.0 Å². The second kappa shape index (κ2) is 7.24. The summed E-state index contributed by atoms with van der Waals surface area (Å²) < 4.78 is 0. The second-order valence-electron chi connectivity index (χ2n) is 5.86. The van der Waals surface area contributed by atoms with E-state index in [9.17, 15) is 9.90 Å². The average molecular weight is 311 g/mol. The average Bonchev–Trinajstić information content (AvgIpc) is 2.56. The molecule has 120 valence electrons. The lowest BCUT2D eigenvalue weighted by molar-refractivity contribution is -0.132. The van der Waals surface area contributed by atoms with Gasteiger partial charge in [-0.05, 0) is 29.3 Å². The number of hydrogen-bond acceptors (Lipinski definition) is 4. The molecule has 1 aliphatic rings. The largest absolute Gasteiger partial charge is 0.508 e. The van der Waals surface area contributed by atoms with Gasteiger partial charge in [-0.2, -0.15) is 0 Å². The molecule has 1 fully saturated rings. The van der Waals surface area contributed by atoms with E-state index in [1.54, 1.807) is 24.5 Å². The summed E-state index contributed by atoms with van der Waals surface area (Å²) in [5.41, 5.74) is 2.06. The fraction of sp³-hybridized carbons (Fsp3) is 0.333. The molecule has 0 aliphatic carbocycles. The first-order chi connectivity index (χ1) is 11.2. The van der Waals surface area contributed by atoms with Crippen LogP contribution in [0.3, 0.4) is 0 Å². The molecule has 3 rings (SSSR count). The van der Waals surface area contributed by atoms with Crippen LogP contribution in [-0.2, 0) is 17.8 Å². The predicted molar refractivity (Wildman–Crippen MR) is 87.9 cm³/mol. The number of piperazine rings is 1. The van der Waals surface area contributed by atoms with Crippen molar-refractivity contribution in [1.82, 2.24) is 14.8 Å². The summed E-state index contributed by atoms with van der Waals surface area (Å²) in [5, 5.41) is 9.52. The number of aromatic nitrogens is 1. The van der Waals surface area contributed by atoms with Crippen molar-refractivity contribution < 1.29 is 9.90 Å². The minimum Gasteiger partial charge on any atom is -0.508 e. The van der Waals surface area contributed by atoms with Gasteiger partial charge in [0.2, 0.25) is 5.91 Å². The Balaban J connectivity index is 1.49. The van der Waals surface area contributed by atoms with Crippen LogP contribution in [0.2, 0.25) is 0 Å². The van der Waals surface area contributed by atoms with Gasteiger partial charge in [-0.25, -0.2) is 0 Å². The molecule has 23 heavy (non-hydrogen) atoms. The molecule has 5 heteroatoms. The molecule has 0 atom stereocenters. The molecule has 0 radical (unpaired) electrons. The van der Waals surface area contributed by atoms with Gasteiger partial charge in [0.05, 0.1) is 6.42 Å². The van der Waals surface area contributed by atoms with Crippen LogP contribution in [-0.4, -0.2) is 52.0 Å². The quantitative estimate of drug-likeness (QED) is 0.933. The topological polar surface area (TPSA) is 56.7 Å². The van der Waals surface area contributed by atoms with Gasteiger partial charge in [0.15, 0.2) is 0 Å². The summed E-state index contributed by atoms with van der Waals surface area (Å²) in [4.78, 5) is 20.6. The first kappa shape index (κ1) is 15.5. The van der Waals surface area contributed by atoms with E-state index in [4.69, 9.17) is 0 Å². The molecule has 1 amide bonds. The van der Waals surface area contributed by atoms with Gasteiger partial charge in [0.1, 0.15) is 5.75 Å². The van der Waals surface area contributed by atoms with E-state index < -0.39 is 0 Å². The number of carbonyl (C=O) groups is 1. The molecule has 1 aromatic carbocycles. The maximum atomic E-state index is 12.3. The van der Waals surface area contributed by atoms with E-state index in [-0.39, 0.29) is 5.91 Å². The first-order valence-electron chi connectivity index (χ1n) is 7.87. The number of pyridine rings is 1. The Morgan fingerprint density at radius 2 is 1.87 bits per heavy atom. The van der Waals surface area contributed by atoms with Crippen molar-refractivity contribution >= 4 is 5.91 Å². The summed E-state index contributed by atoms with van der Waals surface area (Å²) in [6.07, 6.45) is 3.88. The summed E-state index contributed by atoms with van der Waals surface area (Å²) in [6, 6.07) is 11.1. The summed E-state index contributed by atoms with van der Waals surface area (Å²) in [7, 11) is 0. The molecule has 0 unspecified atom stereocenters. The Morgan fingerprint density at radius 1 is 1.09 bits per heavy atom. The lowest BCUT2D eigenvalue weighted by Gasteiger charge is -2.34. The smallest absolute Gasteiger partial charge is 0.227 e. The molecule has 2 heterocycles. The van der Waals surface area contributed by atoms with Crippen molar-refractivity contribution in [3.05, 3.63) is 59.9 Å². The van der Waals surface area contributed by atoms with Gasteiger partial charge in [-0.3, -0.25) is 14.7 Å². The molecular formula is C18H21N3O2. The third-order valence-electron chi connectivity index (χ3n) is 4.12. The van der Waals surface area contributed by atoms with Gasteiger partial charge >= 0.3 is 0 Å². The van der Waals surface area contributed by atoms with E-state index in [2.05, 4.69) is 9.88 Å². The van der Waals surface area contributed by atoms with Crippen LogP contribution in [0.4, 0.5) is 0 Å². The van der Waals surface area contributed by atoms with E-state index in [1.807, 2.05) is 29.2 Å². The summed E-state index contributed by atoms with van der Waals surface area (Å²) >= 11 is 0. The molecule has 1 aliphatic heterocycles. The highest BCUT2D eigenvalue weighted by atomic mass is 16.3. The van der Waals surface area contributed by atoms with Gasteiger partial charge in [0, 0.05) is 45.1 Å². The van der Waals surface area contributed by atoms with Crippen molar-refractivity contribution in [1.29, 1.82) is 0 Å². The highest BCUT2D eigenvalue weighted by Gasteiger charge is 2.21. The molecular weight excluding hydrogens is 290 g/mol. The highest BCUT2D eigenvalue weighted by molar-refractivity contribution is 5.78. The minimum absolute atomic E-state index is 0.162. The monoisotopic (exact) mass is 311 g/mol. The van der Waals surface area contributed by atoms with Gasteiger partial charge in [-0.15, -0.1) is 0 Å². The SMILES string of the molecule is O=C(Cc1cccnc1)N1CCN(Cc2cccc(O)c2)CC1. The second-order valence-corrected chi connectivity index (χ2v) is 5.86. The van der Waals surface area contributed by atoms with Crippen molar-refractivity contribution in [3.8, 4) is 5.75 Å². The molecule has 0 spiro atoms. The normalized spacial score (nSPS) is 15.6. The van der Waals surface area contributed by atoms with Crippen molar-refractivity contribution in [2.24, 2.45) is 0 Å². The number of phenolic OH excluding ortho intramolecular Hbond substituents is 1. The van der Waals surface area contributed by atoms with Gasteiger partial charge in [-0.1, -0.05) is 18.2 Å². The van der Waals surface area contributed by atoms with Crippen LogP contribution >= 0.6 is 0 Å². The standard InChI is InChI=1S/C18H21N3O2/c22-17-5-1-3-16(11-17)14-20-7-9-21(10-8-20)18(23)12-15-4-2-6-19-13-15/h1-6,11,13,22H,7-10,12,14H2. The van der Waals surface area contributed by atoms with Crippen molar-refractivity contribution in [2.45, 2.75) is 13.0 Å². The highest BCUT2D eigenvalue weighted by Crippen LogP contribution is 2.14. The Kier molecular flexibility index (Phi) is 4.88. The van der Waals surface area contributed by atoms with Crippen LogP contribution in [0.25, 0.3) is 0 Å². The number of aromatic hydroxyl groups is 1. The van der Waals surface area contributed by atoms with Crippen LogP contribution in [0.5, 0.6) is 5.75 Å². The minimum atomic E-state index is 0.162. The Morgan fingerprint density at radius 3 is 2.57 bits per heavy atom. The number of nitrogens with zero attached hydrogens (tertiary/aromatic N) is 3. The summed E-state index contributed by atoms with van der Waals surface area (Å²) in [6.45, 7) is 4.01. The zero-order valence-corrected chi connectivity index (χ0v) is 13.1. The molecule has 0 saturated carbocycles. The lowest BCUT2D eigenvalue weighted by Crippen LogP contribution is -2.48. The Hall–Kier alpha value is -2.40. The lowest BCUT2D eigenvalue weighted by atomic mass is 10.1. The third-order valence-corrected chi connectivity index (χ3v) is 4.12. The Labute approximate surface area is 136 Å². The van der Waals surface area contributed by atoms with Crippen LogP contribution < -0.4 is 0 Å². The van der Waals surface area contributed by atoms with Crippen LogP contribution in [0.1, 0.15) is 11.1 Å². The summed E-state index contributed by atoms with van der Waals surface area (Å²) in [5.74, 6) is 0.461. The molecule has 1 N–H and O–H groups in total. The van der Waals surface area contributed by atoms with Crippen LogP contribution in [0, 0.1) is 0 Å². The maximum absolute atomic E-state index is 12.3. The number of phenols is 1. The predicted octanol–water partition coefficient (Wildman–Crippen LogP) is 1.67. The number of carbonyl (C=O) groups excluding carboxylic acids is 1. The molecule has 1 aromatic heterocycles. The number of amides is 1. The van der Waals surface area contributed by atoms with E-state index >= 15 is 0 Å². The number of rotatable bonds is 4. The van der Waals surface area contributed by atoms with Crippen molar-refractivity contribution in [3.63, 3.8) is 0 Å². The van der Waals surface area contributed by atoms with Crippen molar-refractivity contribution in [2.75, 3.05) is 26.2 Å². The zero-order valence-electron chi connectivity index (χ0n) is 13.1. The van der Waals surface area contributed by atoms with E-state index in [0.29, 0.717) is 12.2 Å². The fourth-order valence-corrected chi connectivity index (χ4v) is 2.86. The molecule has 0 bridgehead atoms. The third kappa shape index (κ3) is 4.29. The van der Waals surface area contributed by atoms with Gasteiger partial charge in [0.25, 0.3) is 0 Å². The van der Waals surface area contributed by atoms with E-state index in [1.165, 1.54) is 0 Å². The number of hydrogen-bond donors (Lipinski definition) is 1. The van der Waals surface area contributed by atoms with Crippen LogP contribution in [0.15, 0.2) is 48.8 Å². The molecule has 1 saturated heterocycles. The number of benzene rings is 1. The zero-order chi connectivity index (χ0) is 16.1. The fourth-order valence-electron chi connectivity index (χ4n) is 2.86. The molecule has 5 nitrogen and oxygen atoms in total. The molecule has 2 aromatic rings. The maximum Gasteiger partial charge on any atom is 0.227 e. The Bertz CT molecular complexity index is 652. The first-order valence-corrected chi connectivity index (χ1v) is 7.87. The van der Waals surface area contributed by atoms with E-state index in [0.717, 1.165) is 43.9 Å².